The Morgan fingerprint density at radius 3 is 2.46 bits per heavy atom. The number of carbonyl (C=O) groups excluding carboxylic acids is 2. The summed E-state index contributed by atoms with van der Waals surface area (Å²) in [5.74, 6) is -1.06. The van der Waals surface area contributed by atoms with Crippen LogP contribution in [-0.2, 0) is 30.2 Å². The highest BCUT2D eigenvalue weighted by molar-refractivity contribution is 6.04. The second kappa shape index (κ2) is 17.3. The van der Waals surface area contributed by atoms with Crippen molar-refractivity contribution in [3.05, 3.63) is 47.1 Å². The maximum absolute atomic E-state index is 13.2. The van der Waals surface area contributed by atoms with Crippen molar-refractivity contribution in [3.63, 3.8) is 0 Å². The van der Waals surface area contributed by atoms with Crippen LogP contribution in [0.15, 0.2) is 46.5 Å². The Hall–Kier alpha value is -3.71. The number of fused-ring (bicyclic) bond motifs is 2. The number of nitrogens with two attached hydrogens (primary N) is 1. The Kier molecular flexibility index (Phi) is 13.8. The number of carbonyl (C=O) groups is 2. The molecule has 2 aliphatic heterocycles. The van der Waals surface area contributed by atoms with Crippen molar-refractivity contribution >= 4 is 29.6 Å². The first-order valence-corrected chi connectivity index (χ1v) is 15.6. The number of phenolic OH excluding ortho intramolecular Hbond substituents is 2. The summed E-state index contributed by atoms with van der Waals surface area (Å²) in [7, 11) is 4.71. The van der Waals surface area contributed by atoms with E-state index in [9.17, 15) is 19.8 Å². The van der Waals surface area contributed by atoms with Crippen molar-refractivity contribution in [2.24, 2.45) is 22.6 Å². The lowest BCUT2D eigenvalue weighted by molar-refractivity contribution is -0.112. The van der Waals surface area contributed by atoms with Crippen LogP contribution in [0.2, 0.25) is 0 Å². The lowest BCUT2D eigenvalue weighted by Crippen LogP contribution is -2.38. The van der Waals surface area contributed by atoms with Crippen LogP contribution in [0.3, 0.4) is 0 Å². The van der Waals surface area contributed by atoms with Gasteiger partial charge in [0.15, 0.2) is 6.10 Å². The topological polar surface area (TPSA) is 165 Å². The van der Waals surface area contributed by atoms with Gasteiger partial charge >= 0.3 is 6.09 Å². The molecule has 2 heterocycles. The van der Waals surface area contributed by atoms with Gasteiger partial charge in [0.25, 0.3) is 5.91 Å². The predicted molar refractivity (Wildman–Crippen MR) is 178 cm³/mol. The molecule has 0 saturated carbocycles. The monoisotopic (exact) mass is 642 g/mol. The number of aromatic hydroxyl groups is 2. The van der Waals surface area contributed by atoms with Crippen molar-refractivity contribution in [2.75, 3.05) is 46.3 Å². The van der Waals surface area contributed by atoms with Gasteiger partial charge in [-0.25, -0.2) is 4.79 Å². The maximum atomic E-state index is 13.2. The van der Waals surface area contributed by atoms with Crippen LogP contribution in [0.1, 0.15) is 46.1 Å². The second-order valence-electron chi connectivity index (χ2n) is 12.1. The number of amides is 2. The molecule has 1 fully saturated rings. The quantitative estimate of drug-likeness (QED) is 0.144. The van der Waals surface area contributed by atoms with E-state index < -0.39 is 24.2 Å². The van der Waals surface area contributed by atoms with Gasteiger partial charge in [0.05, 0.1) is 17.9 Å². The smallest absolute Gasteiger partial charge is 0.405 e. The summed E-state index contributed by atoms with van der Waals surface area (Å²) in [6, 6.07) is 1.31. The summed E-state index contributed by atoms with van der Waals surface area (Å²) >= 11 is 0. The molecule has 0 aliphatic carbocycles. The summed E-state index contributed by atoms with van der Waals surface area (Å²) in [6.07, 6.45) is 7.26. The highest BCUT2D eigenvalue weighted by Gasteiger charge is 2.31. The zero-order chi connectivity index (χ0) is 34.0. The number of allylic oxidation sites excluding steroid dienone is 2. The Morgan fingerprint density at radius 2 is 1.87 bits per heavy atom. The fourth-order valence-electron chi connectivity index (χ4n) is 5.90. The van der Waals surface area contributed by atoms with Crippen molar-refractivity contribution in [3.8, 4) is 11.5 Å². The minimum Gasteiger partial charge on any atom is -0.506 e. The van der Waals surface area contributed by atoms with Crippen LogP contribution in [0.25, 0.3) is 0 Å². The van der Waals surface area contributed by atoms with Crippen LogP contribution < -0.4 is 11.1 Å². The molecule has 1 aromatic carbocycles. The number of benzene rings is 1. The lowest BCUT2D eigenvalue weighted by atomic mass is 9.87. The number of aliphatic imine (C=N–C) groups is 1. The largest absolute Gasteiger partial charge is 0.506 e. The number of nitrogens with zero attached hydrogens (tertiary/aromatic N) is 2. The molecule has 12 heteroatoms. The number of rotatable bonds is 7. The van der Waals surface area contributed by atoms with Crippen LogP contribution in [-0.4, -0.2) is 98.7 Å². The average molecular weight is 643 g/mol. The maximum Gasteiger partial charge on any atom is 0.405 e. The average Bonchev–Trinajstić information content (AvgIpc) is 2.98. The Balaban J connectivity index is 2.11. The molecule has 6 atom stereocenters. The Labute approximate surface area is 271 Å². The van der Waals surface area contributed by atoms with Gasteiger partial charge < -0.3 is 40.2 Å². The first-order chi connectivity index (χ1) is 21.9. The number of methoxy groups -OCH3 is 3. The van der Waals surface area contributed by atoms with E-state index in [1.165, 1.54) is 13.2 Å². The minimum atomic E-state index is -0.953. The van der Waals surface area contributed by atoms with E-state index in [4.69, 9.17) is 24.7 Å². The third kappa shape index (κ3) is 9.65. The molecule has 2 amide bonds. The molecular weight excluding hydrogens is 592 g/mol. The van der Waals surface area contributed by atoms with Gasteiger partial charge in [-0.1, -0.05) is 38.2 Å². The van der Waals surface area contributed by atoms with Crippen LogP contribution in [0.4, 0.5) is 16.2 Å². The number of hydrogen-bond acceptors (Lipinski definition) is 10. The molecular formula is C34H50N4O8. The highest BCUT2D eigenvalue weighted by Crippen LogP contribution is 2.44. The predicted octanol–water partition coefficient (Wildman–Crippen LogP) is 4.62. The van der Waals surface area contributed by atoms with E-state index in [0.29, 0.717) is 36.1 Å². The van der Waals surface area contributed by atoms with Gasteiger partial charge in [0.1, 0.15) is 23.3 Å². The van der Waals surface area contributed by atoms with Crippen molar-refractivity contribution in [1.29, 1.82) is 0 Å². The zero-order valence-corrected chi connectivity index (χ0v) is 28.0. The second-order valence-corrected chi connectivity index (χ2v) is 12.1. The number of likely N-dealkylation sites (tertiary alicyclic amines) is 1. The molecule has 1 aromatic rings. The SMILES string of the molecule is CO[C@H]1[C@@H](OC)C[C@H](C)Cc2c(O)c(cc(O)c2N=CCN2CCC2)NC(=O)C(C)=CC=C[C@H](OC)[C@@H](OC(N)=O)C(C)=C[C@@H]1C. The standard InChI is InChI=1S/C34H50N4O8/c1-20-16-24-29(36-12-15-38-13-9-14-38)26(39)19-25(30(24)40)37-33(41)21(2)10-8-11-27(43-5)32(46-34(35)42)23(4)18-22(3)31(45-7)28(17-20)44-6/h8,10-12,18-20,22,27-28,31-32,39-40H,9,13-17H2,1-7H3,(H2,35,42)(H,37,41)/t20-,22+,27+,28+,31-,32+/m1/s1. The van der Waals surface area contributed by atoms with E-state index in [1.807, 2.05) is 26.8 Å². The fourth-order valence-corrected chi connectivity index (χ4v) is 5.90. The molecule has 254 valence electrons. The van der Waals surface area contributed by atoms with Gasteiger partial charge in [0, 0.05) is 57.2 Å². The Bertz CT molecular complexity index is 1340. The number of hydrogen-bond donors (Lipinski definition) is 4. The number of ether oxygens (including phenoxy) is 4. The minimum absolute atomic E-state index is 0.0669. The molecule has 1 saturated heterocycles. The molecule has 46 heavy (non-hydrogen) atoms. The van der Waals surface area contributed by atoms with E-state index in [-0.39, 0.29) is 46.9 Å². The van der Waals surface area contributed by atoms with E-state index in [1.54, 1.807) is 45.6 Å². The van der Waals surface area contributed by atoms with E-state index in [0.717, 1.165) is 19.5 Å². The Morgan fingerprint density at radius 1 is 1.15 bits per heavy atom. The lowest BCUT2D eigenvalue weighted by Gasteiger charge is -2.32. The number of anilines is 1. The molecule has 0 radical (unpaired) electrons. The first-order valence-electron chi connectivity index (χ1n) is 15.6. The van der Waals surface area contributed by atoms with Gasteiger partial charge in [-0.05, 0) is 57.7 Å². The molecule has 12 nitrogen and oxygen atoms in total. The van der Waals surface area contributed by atoms with Crippen LogP contribution in [0, 0.1) is 11.8 Å². The van der Waals surface area contributed by atoms with Crippen molar-refractivity contribution < 1.29 is 38.7 Å². The van der Waals surface area contributed by atoms with Crippen molar-refractivity contribution in [2.45, 2.75) is 71.4 Å². The van der Waals surface area contributed by atoms with Gasteiger partial charge in [-0.2, -0.15) is 0 Å². The van der Waals surface area contributed by atoms with Crippen LogP contribution >= 0.6 is 0 Å². The summed E-state index contributed by atoms with van der Waals surface area (Å²) in [4.78, 5) is 31.8. The number of phenols is 2. The summed E-state index contributed by atoms with van der Waals surface area (Å²) in [5.41, 5.74) is 7.18. The van der Waals surface area contributed by atoms with E-state index in [2.05, 4.69) is 15.2 Å². The zero-order valence-electron chi connectivity index (χ0n) is 28.0. The van der Waals surface area contributed by atoms with Gasteiger partial charge in [-0.3, -0.25) is 14.7 Å². The normalized spacial score (nSPS) is 27.1. The summed E-state index contributed by atoms with van der Waals surface area (Å²) in [6.45, 7) is 10.1. The van der Waals surface area contributed by atoms with Crippen LogP contribution in [0.5, 0.6) is 11.5 Å². The number of nitrogens with one attached hydrogen (secondary N) is 1. The third-order valence-electron chi connectivity index (χ3n) is 8.55. The molecule has 0 aromatic heterocycles. The number of primary amides is 1. The van der Waals surface area contributed by atoms with Gasteiger partial charge in [-0.15, -0.1) is 0 Å². The molecule has 5 N–H and O–H groups in total. The highest BCUT2D eigenvalue weighted by atomic mass is 16.6. The fraction of sp³-hybridized carbons (Fsp3) is 0.559. The third-order valence-corrected chi connectivity index (χ3v) is 8.55. The molecule has 0 unspecified atom stereocenters. The summed E-state index contributed by atoms with van der Waals surface area (Å²) < 4.78 is 23.0. The van der Waals surface area contributed by atoms with Crippen molar-refractivity contribution in [1.82, 2.24) is 4.90 Å². The van der Waals surface area contributed by atoms with Gasteiger partial charge in [0.2, 0.25) is 0 Å². The first kappa shape index (κ1) is 36.8. The molecule has 0 spiro atoms. The molecule has 3 rings (SSSR count). The van der Waals surface area contributed by atoms with E-state index >= 15 is 0 Å². The molecule has 2 bridgehead atoms. The summed E-state index contributed by atoms with van der Waals surface area (Å²) in [5, 5.41) is 25.3. The molecule has 2 aliphatic rings.